The molecule has 32 heavy (non-hydrogen) atoms. The zero-order valence-electron chi connectivity index (χ0n) is 16.4. The first-order chi connectivity index (χ1) is 15.3. The van der Waals surface area contributed by atoms with Gasteiger partial charge in [-0.05, 0) is 53.9 Å². The molecular formula is C23H17ClF3N3O2. The molecule has 0 aliphatic carbocycles. The fourth-order valence-corrected chi connectivity index (χ4v) is 3.54. The number of fused-ring (bicyclic) bond motifs is 1. The van der Waals surface area contributed by atoms with Crippen molar-refractivity contribution in [2.24, 2.45) is 0 Å². The molecule has 4 rings (SSSR count). The number of pyridine rings is 2. The van der Waals surface area contributed by atoms with E-state index in [9.17, 15) is 18.3 Å². The molecular weight excluding hydrogens is 443 g/mol. The van der Waals surface area contributed by atoms with Crippen LogP contribution in [0.5, 0.6) is 0 Å². The van der Waals surface area contributed by atoms with Gasteiger partial charge in [-0.2, -0.15) is 13.2 Å². The summed E-state index contributed by atoms with van der Waals surface area (Å²) in [5.74, 6) is 0.495. The van der Waals surface area contributed by atoms with E-state index >= 15 is 0 Å². The van der Waals surface area contributed by atoms with E-state index in [4.69, 9.17) is 16.7 Å². The first-order valence-electron chi connectivity index (χ1n) is 9.54. The van der Waals surface area contributed by atoms with Crippen molar-refractivity contribution in [3.63, 3.8) is 0 Å². The van der Waals surface area contributed by atoms with Crippen LogP contribution in [0, 0.1) is 0 Å². The highest BCUT2D eigenvalue weighted by Crippen LogP contribution is 2.33. The molecule has 0 aliphatic heterocycles. The highest BCUT2D eigenvalue weighted by Gasteiger charge is 2.29. The monoisotopic (exact) mass is 459 g/mol. The Morgan fingerprint density at radius 1 is 1.00 bits per heavy atom. The third-order valence-corrected chi connectivity index (χ3v) is 5.22. The fraction of sp³-hybridized carbons (Fsp3) is 0.130. The van der Waals surface area contributed by atoms with Crippen molar-refractivity contribution in [2.45, 2.75) is 12.3 Å². The van der Waals surface area contributed by atoms with E-state index in [2.05, 4.69) is 15.3 Å². The summed E-state index contributed by atoms with van der Waals surface area (Å²) in [6.45, 7) is -0.435. The van der Waals surface area contributed by atoms with E-state index < -0.39 is 24.5 Å². The number of alkyl halides is 3. The quantitative estimate of drug-likeness (QED) is 0.355. The Labute approximate surface area is 186 Å². The van der Waals surface area contributed by atoms with Gasteiger partial charge in [-0.1, -0.05) is 17.7 Å². The Bertz CT molecular complexity index is 1260. The van der Waals surface area contributed by atoms with Gasteiger partial charge in [-0.15, -0.1) is 0 Å². The summed E-state index contributed by atoms with van der Waals surface area (Å²) in [5.41, 5.74) is 1.41. The van der Waals surface area contributed by atoms with Crippen molar-refractivity contribution in [1.82, 2.24) is 9.97 Å². The van der Waals surface area contributed by atoms with Crippen molar-refractivity contribution in [1.29, 1.82) is 0 Å². The SMILES string of the molecule is OC[C@@H](O)c1cnc(-c2ccc3c(Nc4ccc(C(F)(F)F)cc4)nccc3c2)c(Cl)c1. The van der Waals surface area contributed by atoms with E-state index in [-0.39, 0.29) is 0 Å². The molecule has 0 bridgehead atoms. The summed E-state index contributed by atoms with van der Waals surface area (Å²) in [4.78, 5) is 8.62. The van der Waals surface area contributed by atoms with Crippen LogP contribution in [0.1, 0.15) is 17.2 Å². The number of halogens is 4. The maximum atomic E-state index is 12.8. The largest absolute Gasteiger partial charge is 0.416 e. The molecule has 1 atom stereocenters. The topological polar surface area (TPSA) is 78.3 Å². The number of nitrogens with zero attached hydrogens (tertiary/aromatic N) is 2. The summed E-state index contributed by atoms with van der Waals surface area (Å²) in [6, 6.07) is 13.6. The van der Waals surface area contributed by atoms with Crippen LogP contribution < -0.4 is 5.32 Å². The molecule has 164 valence electrons. The Balaban J connectivity index is 1.64. The normalized spacial score (nSPS) is 12.7. The van der Waals surface area contributed by atoms with Crippen LogP contribution in [0.2, 0.25) is 5.02 Å². The van der Waals surface area contributed by atoms with Gasteiger partial charge in [0.25, 0.3) is 0 Å². The Morgan fingerprint density at radius 3 is 2.41 bits per heavy atom. The summed E-state index contributed by atoms with van der Waals surface area (Å²) in [7, 11) is 0. The number of aliphatic hydroxyl groups excluding tert-OH is 2. The van der Waals surface area contributed by atoms with Crippen LogP contribution in [-0.4, -0.2) is 26.8 Å². The summed E-state index contributed by atoms with van der Waals surface area (Å²) >= 11 is 6.34. The number of benzene rings is 2. The van der Waals surface area contributed by atoms with Crippen LogP contribution in [-0.2, 0) is 6.18 Å². The molecule has 0 fully saturated rings. The van der Waals surface area contributed by atoms with Gasteiger partial charge in [0.1, 0.15) is 11.9 Å². The van der Waals surface area contributed by atoms with E-state index in [1.54, 1.807) is 24.4 Å². The van der Waals surface area contributed by atoms with Gasteiger partial charge < -0.3 is 15.5 Å². The molecule has 2 aromatic heterocycles. The van der Waals surface area contributed by atoms with Gasteiger partial charge in [0.15, 0.2) is 0 Å². The van der Waals surface area contributed by atoms with E-state index in [1.807, 2.05) is 12.1 Å². The van der Waals surface area contributed by atoms with Crippen LogP contribution in [0.25, 0.3) is 22.0 Å². The van der Waals surface area contributed by atoms with Gasteiger partial charge in [0.2, 0.25) is 0 Å². The van der Waals surface area contributed by atoms with Crippen molar-refractivity contribution in [3.05, 3.63) is 83.1 Å². The van der Waals surface area contributed by atoms with Crippen molar-refractivity contribution in [3.8, 4) is 11.3 Å². The Hall–Kier alpha value is -3.20. The molecule has 5 nitrogen and oxygen atoms in total. The van der Waals surface area contributed by atoms with Gasteiger partial charge in [-0.3, -0.25) is 4.98 Å². The van der Waals surface area contributed by atoms with Gasteiger partial charge >= 0.3 is 6.18 Å². The maximum Gasteiger partial charge on any atom is 0.416 e. The second-order valence-electron chi connectivity index (χ2n) is 7.09. The van der Waals surface area contributed by atoms with Crippen molar-refractivity contribution < 1.29 is 23.4 Å². The Kier molecular flexibility index (Phi) is 6.01. The van der Waals surface area contributed by atoms with E-state index in [0.29, 0.717) is 27.8 Å². The number of nitrogens with one attached hydrogen (secondary N) is 1. The maximum absolute atomic E-state index is 12.8. The second kappa shape index (κ2) is 8.74. The molecule has 2 aromatic carbocycles. The van der Waals surface area contributed by atoms with Crippen molar-refractivity contribution in [2.75, 3.05) is 11.9 Å². The molecule has 9 heteroatoms. The smallest absolute Gasteiger partial charge is 0.393 e. The predicted octanol–water partition coefficient (Wildman–Crippen LogP) is 5.74. The third kappa shape index (κ3) is 4.52. The van der Waals surface area contributed by atoms with Crippen LogP contribution >= 0.6 is 11.6 Å². The number of anilines is 2. The van der Waals surface area contributed by atoms with Crippen molar-refractivity contribution >= 4 is 33.9 Å². The molecule has 0 saturated heterocycles. The lowest BCUT2D eigenvalue weighted by molar-refractivity contribution is -0.137. The summed E-state index contributed by atoms with van der Waals surface area (Å²) in [6.07, 6.45) is -2.41. The summed E-state index contributed by atoms with van der Waals surface area (Å²) in [5, 5.41) is 23.8. The lowest BCUT2D eigenvalue weighted by Crippen LogP contribution is -2.04. The molecule has 0 radical (unpaired) electrons. The molecule has 2 heterocycles. The second-order valence-corrected chi connectivity index (χ2v) is 7.50. The van der Waals surface area contributed by atoms with Crippen LogP contribution in [0.15, 0.2) is 67.0 Å². The van der Waals surface area contributed by atoms with Gasteiger partial charge in [0, 0.05) is 34.6 Å². The lowest BCUT2D eigenvalue weighted by atomic mass is 10.0. The minimum Gasteiger partial charge on any atom is -0.393 e. The number of aliphatic hydroxyl groups is 2. The molecule has 0 unspecified atom stereocenters. The van der Waals surface area contributed by atoms with E-state index in [0.717, 1.165) is 28.5 Å². The number of hydrogen-bond acceptors (Lipinski definition) is 5. The standard InChI is InChI=1S/C23H17ClF3N3O2/c24-19-10-15(20(32)12-31)11-29-21(19)14-1-6-18-13(9-14)7-8-28-22(18)30-17-4-2-16(3-5-17)23(25,26)27/h1-11,20,31-32H,12H2,(H,28,30)/t20-/m1/s1. The summed E-state index contributed by atoms with van der Waals surface area (Å²) < 4.78 is 38.3. The highest BCUT2D eigenvalue weighted by molar-refractivity contribution is 6.33. The third-order valence-electron chi connectivity index (χ3n) is 4.93. The number of aromatic nitrogens is 2. The number of hydrogen-bond donors (Lipinski definition) is 3. The van der Waals surface area contributed by atoms with Crippen LogP contribution in [0.4, 0.5) is 24.7 Å². The number of rotatable bonds is 5. The molecule has 3 N–H and O–H groups in total. The minimum atomic E-state index is -4.39. The van der Waals surface area contributed by atoms with E-state index in [1.165, 1.54) is 18.3 Å². The lowest BCUT2D eigenvalue weighted by Gasteiger charge is -2.12. The van der Waals surface area contributed by atoms with Gasteiger partial charge in [0.05, 0.1) is 22.9 Å². The average Bonchev–Trinajstić information content (AvgIpc) is 2.78. The van der Waals surface area contributed by atoms with Gasteiger partial charge in [-0.25, -0.2) is 4.98 Å². The minimum absolute atomic E-state index is 0.325. The molecule has 0 saturated carbocycles. The Morgan fingerprint density at radius 2 is 1.75 bits per heavy atom. The zero-order valence-corrected chi connectivity index (χ0v) is 17.2. The first-order valence-corrected chi connectivity index (χ1v) is 9.92. The molecule has 4 aromatic rings. The zero-order chi connectivity index (χ0) is 22.9. The average molecular weight is 460 g/mol. The fourth-order valence-electron chi connectivity index (χ4n) is 3.26. The predicted molar refractivity (Wildman–Crippen MR) is 117 cm³/mol. The first kappa shape index (κ1) is 22.0. The van der Waals surface area contributed by atoms with Crippen LogP contribution in [0.3, 0.4) is 0 Å². The molecule has 0 amide bonds. The highest BCUT2D eigenvalue weighted by atomic mass is 35.5. The molecule has 0 spiro atoms. The molecule has 0 aliphatic rings.